The molecule has 0 saturated carbocycles. The van der Waals surface area contributed by atoms with E-state index in [0.717, 1.165) is 35.7 Å². The number of benzene rings is 1. The van der Waals surface area contributed by atoms with Gasteiger partial charge in [0.15, 0.2) is 4.96 Å². The number of fused-ring (bicyclic) bond motifs is 1. The van der Waals surface area contributed by atoms with E-state index in [1.807, 2.05) is 24.6 Å². The van der Waals surface area contributed by atoms with Crippen molar-refractivity contribution in [3.05, 3.63) is 58.6 Å². The Hall–Kier alpha value is -1.72. The van der Waals surface area contributed by atoms with Gasteiger partial charge >= 0.3 is 0 Å². The van der Waals surface area contributed by atoms with Crippen molar-refractivity contribution in [3.63, 3.8) is 0 Å². The molecule has 0 saturated heterocycles. The quantitative estimate of drug-likeness (QED) is 0.731. The lowest BCUT2D eigenvalue weighted by molar-refractivity contribution is 0.621. The first-order valence-electron chi connectivity index (χ1n) is 6.60. The number of aryl methyl sites for hydroxylation is 1. The van der Waals surface area contributed by atoms with Crippen LogP contribution in [0.2, 0.25) is 0 Å². The molecule has 1 N–H and O–H groups in total. The first kappa shape index (κ1) is 13.3. The van der Waals surface area contributed by atoms with Crippen molar-refractivity contribution < 1.29 is 4.39 Å². The number of imidazole rings is 1. The summed E-state index contributed by atoms with van der Waals surface area (Å²) in [5, 5.41) is 5.44. The third-order valence-corrected chi connectivity index (χ3v) is 4.09. The van der Waals surface area contributed by atoms with Crippen LogP contribution in [-0.4, -0.2) is 15.9 Å². The Morgan fingerprint density at radius 3 is 3.15 bits per heavy atom. The molecule has 0 unspecified atom stereocenters. The van der Waals surface area contributed by atoms with Crippen LogP contribution in [0.25, 0.3) is 4.96 Å². The van der Waals surface area contributed by atoms with E-state index in [0.29, 0.717) is 0 Å². The summed E-state index contributed by atoms with van der Waals surface area (Å²) in [6.45, 7) is 3.63. The molecule has 0 amide bonds. The molecule has 2 aromatic heterocycles. The van der Waals surface area contributed by atoms with Crippen molar-refractivity contribution in [2.45, 2.75) is 19.9 Å². The zero-order chi connectivity index (χ0) is 13.9. The summed E-state index contributed by atoms with van der Waals surface area (Å²) >= 11 is 1.64. The molecule has 0 atom stereocenters. The predicted molar refractivity (Wildman–Crippen MR) is 79.6 cm³/mol. The second-order valence-electron chi connectivity index (χ2n) is 4.76. The Bertz CT molecular complexity index is 717. The second-order valence-corrected chi connectivity index (χ2v) is 5.63. The zero-order valence-corrected chi connectivity index (χ0v) is 12.1. The molecule has 0 radical (unpaired) electrons. The monoisotopic (exact) mass is 289 g/mol. The fourth-order valence-electron chi connectivity index (χ4n) is 2.29. The van der Waals surface area contributed by atoms with Crippen molar-refractivity contribution in [2.75, 3.05) is 6.54 Å². The molecule has 3 aromatic rings. The van der Waals surface area contributed by atoms with E-state index in [1.54, 1.807) is 23.5 Å². The summed E-state index contributed by atoms with van der Waals surface area (Å²) in [6.07, 6.45) is 2.87. The van der Waals surface area contributed by atoms with Gasteiger partial charge in [-0.25, -0.2) is 9.37 Å². The fourth-order valence-corrected chi connectivity index (χ4v) is 3.06. The first-order chi connectivity index (χ1) is 9.74. The van der Waals surface area contributed by atoms with E-state index in [1.165, 1.54) is 11.8 Å². The molecule has 0 aliphatic carbocycles. The van der Waals surface area contributed by atoms with Gasteiger partial charge in [-0.05, 0) is 37.6 Å². The molecule has 3 nitrogen and oxygen atoms in total. The van der Waals surface area contributed by atoms with Crippen LogP contribution in [-0.2, 0) is 13.0 Å². The van der Waals surface area contributed by atoms with Gasteiger partial charge in [0.05, 0.1) is 11.4 Å². The lowest BCUT2D eigenvalue weighted by Crippen LogP contribution is -2.18. The van der Waals surface area contributed by atoms with E-state index in [9.17, 15) is 4.39 Å². The lowest BCUT2D eigenvalue weighted by atomic mass is 10.1. The highest BCUT2D eigenvalue weighted by Crippen LogP contribution is 2.16. The molecule has 0 spiro atoms. The average Bonchev–Trinajstić information content (AvgIpc) is 2.96. The lowest BCUT2D eigenvalue weighted by Gasteiger charge is -2.05. The summed E-state index contributed by atoms with van der Waals surface area (Å²) in [6, 6.07) is 6.76. The predicted octanol–water partition coefficient (Wildman–Crippen LogP) is 3.18. The Kier molecular flexibility index (Phi) is 3.80. The van der Waals surface area contributed by atoms with Crippen LogP contribution in [0.5, 0.6) is 0 Å². The van der Waals surface area contributed by atoms with Gasteiger partial charge in [0.1, 0.15) is 5.82 Å². The van der Waals surface area contributed by atoms with Crippen LogP contribution in [0, 0.1) is 12.7 Å². The van der Waals surface area contributed by atoms with Gasteiger partial charge in [-0.3, -0.25) is 4.40 Å². The summed E-state index contributed by atoms with van der Waals surface area (Å²) in [7, 11) is 0. The number of nitrogens with one attached hydrogen (secondary N) is 1. The second kappa shape index (κ2) is 5.73. The molecular formula is C15H16FN3S. The average molecular weight is 289 g/mol. The highest BCUT2D eigenvalue weighted by atomic mass is 32.1. The minimum absolute atomic E-state index is 0.172. The normalized spacial score (nSPS) is 11.3. The molecule has 104 valence electrons. The van der Waals surface area contributed by atoms with E-state index in [4.69, 9.17) is 0 Å². The zero-order valence-electron chi connectivity index (χ0n) is 11.3. The van der Waals surface area contributed by atoms with Gasteiger partial charge in [-0.15, -0.1) is 11.3 Å². The fraction of sp³-hybridized carbons (Fsp3) is 0.267. The largest absolute Gasteiger partial charge is 0.311 e. The maximum Gasteiger partial charge on any atom is 0.194 e. The van der Waals surface area contributed by atoms with Crippen molar-refractivity contribution in [1.82, 2.24) is 14.7 Å². The number of thiazole rings is 1. The van der Waals surface area contributed by atoms with E-state index < -0.39 is 0 Å². The van der Waals surface area contributed by atoms with E-state index in [-0.39, 0.29) is 5.82 Å². The molecule has 5 heteroatoms. The molecule has 2 heterocycles. The number of nitrogens with zero attached hydrogens (tertiary/aromatic N) is 2. The topological polar surface area (TPSA) is 29.3 Å². The van der Waals surface area contributed by atoms with Crippen molar-refractivity contribution >= 4 is 16.3 Å². The van der Waals surface area contributed by atoms with Gasteiger partial charge in [-0.1, -0.05) is 12.1 Å². The van der Waals surface area contributed by atoms with Crippen molar-refractivity contribution in [3.8, 4) is 0 Å². The molecule has 0 fully saturated rings. The smallest absolute Gasteiger partial charge is 0.194 e. The summed E-state index contributed by atoms with van der Waals surface area (Å²) in [5.74, 6) is -0.172. The van der Waals surface area contributed by atoms with E-state index >= 15 is 0 Å². The molecule has 0 bridgehead atoms. The van der Waals surface area contributed by atoms with Gasteiger partial charge in [-0.2, -0.15) is 0 Å². The third-order valence-electron chi connectivity index (χ3n) is 3.33. The molecular weight excluding hydrogens is 273 g/mol. The minimum Gasteiger partial charge on any atom is -0.311 e. The minimum atomic E-state index is -0.172. The van der Waals surface area contributed by atoms with Crippen LogP contribution in [0.4, 0.5) is 4.39 Å². The van der Waals surface area contributed by atoms with Crippen LogP contribution < -0.4 is 5.32 Å². The van der Waals surface area contributed by atoms with Crippen LogP contribution >= 0.6 is 11.3 Å². The Balaban J connectivity index is 1.57. The third kappa shape index (κ3) is 2.73. The number of aromatic nitrogens is 2. The molecule has 1 aromatic carbocycles. The maximum absolute atomic E-state index is 13.1. The van der Waals surface area contributed by atoms with Gasteiger partial charge in [0, 0.05) is 18.1 Å². The summed E-state index contributed by atoms with van der Waals surface area (Å²) in [4.78, 5) is 5.55. The Labute approximate surface area is 121 Å². The van der Waals surface area contributed by atoms with Crippen LogP contribution in [0.3, 0.4) is 0 Å². The highest BCUT2D eigenvalue weighted by molar-refractivity contribution is 7.15. The number of hydrogen-bond acceptors (Lipinski definition) is 3. The van der Waals surface area contributed by atoms with Gasteiger partial charge in [0.2, 0.25) is 0 Å². The molecule has 0 aliphatic rings. The maximum atomic E-state index is 13.1. The Morgan fingerprint density at radius 2 is 2.30 bits per heavy atom. The summed E-state index contributed by atoms with van der Waals surface area (Å²) < 4.78 is 15.2. The first-order valence-corrected chi connectivity index (χ1v) is 7.48. The van der Waals surface area contributed by atoms with Crippen LogP contribution in [0.1, 0.15) is 17.0 Å². The van der Waals surface area contributed by atoms with Gasteiger partial charge < -0.3 is 5.32 Å². The number of rotatable bonds is 5. The summed E-state index contributed by atoms with van der Waals surface area (Å²) in [5.41, 5.74) is 3.28. The standard InChI is InChI=1S/C15H16FN3S/c1-11-14(19-7-8-20-15(19)18-11)10-17-6-5-12-3-2-4-13(16)9-12/h2-4,7-9,17H,5-6,10H2,1H3. The Morgan fingerprint density at radius 1 is 1.40 bits per heavy atom. The van der Waals surface area contributed by atoms with Crippen LogP contribution in [0.15, 0.2) is 35.8 Å². The molecule has 0 aliphatic heterocycles. The number of halogens is 1. The van der Waals surface area contributed by atoms with Crippen molar-refractivity contribution in [1.29, 1.82) is 0 Å². The molecule has 20 heavy (non-hydrogen) atoms. The van der Waals surface area contributed by atoms with Gasteiger partial charge in [0.25, 0.3) is 0 Å². The molecule has 3 rings (SSSR count). The van der Waals surface area contributed by atoms with E-state index in [2.05, 4.69) is 14.7 Å². The van der Waals surface area contributed by atoms with Crippen molar-refractivity contribution in [2.24, 2.45) is 0 Å². The highest BCUT2D eigenvalue weighted by Gasteiger charge is 2.08. The number of hydrogen-bond donors (Lipinski definition) is 1. The SMILES string of the molecule is Cc1nc2sccn2c1CNCCc1cccc(F)c1.